The maximum atomic E-state index is 13.2. The lowest BCUT2D eigenvalue weighted by atomic mass is 10.2. The molecule has 5 nitrogen and oxygen atoms in total. The third-order valence-electron chi connectivity index (χ3n) is 2.86. The molecule has 1 aromatic carbocycles. The van der Waals surface area contributed by atoms with E-state index in [1.165, 1.54) is 19.1 Å². The number of nitrogens with zero attached hydrogens (tertiary/aromatic N) is 1. The fourth-order valence-electron chi connectivity index (χ4n) is 1.77. The summed E-state index contributed by atoms with van der Waals surface area (Å²) in [5, 5.41) is 0. The Balaban J connectivity index is 2.19. The number of sulfonamides is 1. The van der Waals surface area contributed by atoms with Gasteiger partial charge in [0, 0.05) is 6.92 Å². The summed E-state index contributed by atoms with van der Waals surface area (Å²) >= 11 is 0. The van der Waals surface area contributed by atoms with Crippen LogP contribution < -0.4 is 4.72 Å². The predicted octanol–water partition coefficient (Wildman–Crippen LogP) is 2.22. The van der Waals surface area contributed by atoms with Gasteiger partial charge < -0.3 is 4.42 Å². The summed E-state index contributed by atoms with van der Waals surface area (Å²) in [7, 11) is -3.71. The predicted molar refractivity (Wildman–Crippen MR) is 71.1 cm³/mol. The highest BCUT2D eigenvalue weighted by Gasteiger charge is 2.17. The number of aryl methyl sites for hydroxylation is 3. The third kappa shape index (κ3) is 3.05. The molecular formula is C13H15FN2O3S. The highest BCUT2D eigenvalue weighted by Crippen LogP contribution is 2.15. The number of nitrogens with one attached hydrogen (secondary N) is 1. The Kier molecular flexibility index (Phi) is 3.92. The van der Waals surface area contributed by atoms with E-state index in [1.807, 2.05) is 0 Å². The molecule has 0 aliphatic rings. The number of rotatable bonds is 4. The Hall–Kier alpha value is -1.73. The van der Waals surface area contributed by atoms with Gasteiger partial charge in [-0.3, -0.25) is 0 Å². The average Bonchev–Trinajstić information content (AvgIpc) is 2.69. The van der Waals surface area contributed by atoms with Crippen molar-refractivity contribution in [3.8, 4) is 0 Å². The Bertz CT molecular complexity index is 738. The third-order valence-corrected chi connectivity index (χ3v) is 4.26. The molecule has 2 aromatic rings. The normalized spacial score (nSPS) is 11.8. The van der Waals surface area contributed by atoms with Gasteiger partial charge in [-0.25, -0.2) is 22.5 Å². The van der Waals surface area contributed by atoms with Crippen LogP contribution in [0.4, 0.5) is 4.39 Å². The highest BCUT2D eigenvalue weighted by atomic mass is 32.2. The zero-order valence-electron chi connectivity index (χ0n) is 11.4. The first-order valence-corrected chi connectivity index (χ1v) is 7.46. The molecule has 1 N–H and O–H groups in total. The Morgan fingerprint density at radius 1 is 1.30 bits per heavy atom. The smallest absolute Gasteiger partial charge is 0.240 e. The molecule has 0 saturated carbocycles. The minimum absolute atomic E-state index is 0.00539. The summed E-state index contributed by atoms with van der Waals surface area (Å²) in [4.78, 5) is 4.08. The number of halogens is 1. The van der Waals surface area contributed by atoms with Crippen molar-refractivity contribution < 1.29 is 17.2 Å². The van der Waals surface area contributed by atoms with Crippen LogP contribution in [0.1, 0.15) is 22.9 Å². The zero-order valence-corrected chi connectivity index (χ0v) is 12.2. The van der Waals surface area contributed by atoms with E-state index in [2.05, 4.69) is 9.71 Å². The number of hydrogen-bond acceptors (Lipinski definition) is 4. The van der Waals surface area contributed by atoms with E-state index in [-0.39, 0.29) is 17.0 Å². The van der Waals surface area contributed by atoms with E-state index in [0.717, 1.165) is 6.07 Å². The minimum atomic E-state index is -3.71. The Morgan fingerprint density at radius 2 is 2.00 bits per heavy atom. The van der Waals surface area contributed by atoms with Crippen molar-refractivity contribution in [3.05, 3.63) is 46.9 Å². The van der Waals surface area contributed by atoms with Gasteiger partial charge in [0.05, 0.1) is 17.1 Å². The van der Waals surface area contributed by atoms with Crippen LogP contribution in [-0.2, 0) is 16.6 Å². The van der Waals surface area contributed by atoms with Gasteiger partial charge in [-0.1, -0.05) is 0 Å². The molecule has 0 unspecified atom stereocenters. The maximum absolute atomic E-state index is 13.2. The van der Waals surface area contributed by atoms with Crippen LogP contribution in [0.2, 0.25) is 0 Å². The van der Waals surface area contributed by atoms with Crippen molar-refractivity contribution in [1.29, 1.82) is 0 Å². The molecule has 2 rings (SSSR count). The average molecular weight is 298 g/mol. The first-order valence-electron chi connectivity index (χ1n) is 5.98. The molecule has 0 bridgehead atoms. The van der Waals surface area contributed by atoms with E-state index in [1.54, 1.807) is 13.8 Å². The van der Waals surface area contributed by atoms with Gasteiger partial charge in [-0.05, 0) is 37.6 Å². The van der Waals surface area contributed by atoms with Gasteiger partial charge in [-0.15, -0.1) is 0 Å². The van der Waals surface area contributed by atoms with Crippen LogP contribution in [-0.4, -0.2) is 13.4 Å². The zero-order chi connectivity index (χ0) is 14.9. The first kappa shape index (κ1) is 14.7. The standard InChI is InChI=1S/C13H15FN2O3S/c1-8-6-11(4-5-12(8)14)20(17,18)15-7-13-9(2)16-10(3)19-13/h4-6,15H,7H2,1-3H3. The fourth-order valence-corrected chi connectivity index (χ4v) is 2.83. The molecular weight excluding hydrogens is 283 g/mol. The Labute approximate surface area is 116 Å². The van der Waals surface area contributed by atoms with Crippen LogP contribution in [0, 0.1) is 26.6 Å². The van der Waals surface area contributed by atoms with Crippen LogP contribution in [0.3, 0.4) is 0 Å². The van der Waals surface area contributed by atoms with E-state index in [0.29, 0.717) is 17.3 Å². The van der Waals surface area contributed by atoms with Gasteiger partial charge in [0.2, 0.25) is 10.0 Å². The molecule has 7 heteroatoms. The number of oxazole rings is 1. The second-order valence-corrected chi connectivity index (χ2v) is 6.24. The second kappa shape index (κ2) is 5.34. The molecule has 0 atom stereocenters. The van der Waals surface area contributed by atoms with Crippen molar-refractivity contribution in [2.75, 3.05) is 0 Å². The molecule has 0 amide bonds. The van der Waals surface area contributed by atoms with Crippen molar-refractivity contribution in [1.82, 2.24) is 9.71 Å². The maximum Gasteiger partial charge on any atom is 0.240 e. The van der Waals surface area contributed by atoms with E-state index >= 15 is 0 Å². The lowest BCUT2D eigenvalue weighted by Gasteiger charge is -2.07. The SMILES string of the molecule is Cc1nc(C)c(CNS(=O)(=O)c2ccc(F)c(C)c2)o1. The lowest BCUT2D eigenvalue weighted by molar-refractivity contribution is 0.466. The van der Waals surface area contributed by atoms with Crippen LogP contribution in [0.15, 0.2) is 27.5 Å². The highest BCUT2D eigenvalue weighted by molar-refractivity contribution is 7.89. The van der Waals surface area contributed by atoms with E-state index in [9.17, 15) is 12.8 Å². The second-order valence-electron chi connectivity index (χ2n) is 4.48. The molecule has 0 radical (unpaired) electrons. The molecule has 0 saturated heterocycles. The number of aromatic nitrogens is 1. The summed E-state index contributed by atoms with van der Waals surface area (Å²) in [5.74, 6) is 0.505. The largest absolute Gasteiger partial charge is 0.444 e. The molecule has 0 spiro atoms. The van der Waals surface area contributed by atoms with Crippen molar-refractivity contribution >= 4 is 10.0 Å². The molecule has 1 heterocycles. The molecule has 0 aliphatic carbocycles. The lowest BCUT2D eigenvalue weighted by Crippen LogP contribution is -2.23. The van der Waals surface area contributed by atoms with E-state index in [4.69, 9.17) is 4.42 Å². The summed E-state index contributed by atoms with van der Waals surface area (Å²) in [6.45, 7) is 4.94. The minimum Gasteiger partial charge on any atom is -0.444 e. The van der Waals surface area contributed by atoms with Gasteiger partial charge in [0.1, 0.15) is 11.6 Å². The summed E-state index contributed by atoms with van der Waals surface area (Å²) < 4.78 is 45.0. The first-order chi connectivity index (χ1) is 9.29. The van der Waals surface area contributed by atoms with Crippen LogP contribution >= 0.6 is 0 Å². The van der Waals surface area contributed by atoms with Crippen molar-refractivity contribution in [2.24, 2.45) is 0 Å². The molecule has 0 fully saturated rings. The molecule has 0 aliphatic heterocycles. The monoisotopic (exact) mass is 298 g/mol. The topological polar surface area (TPSA) is 72.2 Å². The van der Waals surface area contributed by atoms with Crippen molar-refractivity contribution in [2.45, 2.75) is 32.2 Å². The van der Waals surface area contributed by atoms with Crippen molar-refractivity contribution in [3.63, 3.8) is 0 Å². The van der Waals surface area contributed by atoms with Crippen LogP contribution in [0.25, 0.3) is 0 Å². The number of hydrogen-bond donors (Lipinski definition) is 1. The summed E-state index contributed by atoms with van der Waals surface area (Å²) in [6.07, 6.45) is 0. The quantitative estimate of drug-likeness (QED) is 0.939. The van der Waals surface area contributed by atoms with Gasteiger partial charge >= 0.3 is 0 Å². The molecule has 1 aromatic heterocycles. The molecule has 108 valence electrons. The Morgan fingerprint density at radius 3 is 2.55 bits per heavy atom. The van der Waals surface area contributed by atoms with E-state index < -0.39 is 15.8 Å². The van der Waals surface area contributed by atoms with Gasteiger partial charge in [0.15, 0.2) is 5.89 Å². The van der Waals surface area contributed by atoms with Crippen LogP contribution in [0.5, 0.6) is 0 Å². The summed E-state index contributed by atoms with van der Waals surface area (Å²) in [6, 6.07) is 3.65. The number of benzene rings is 1. The fraction of sp³-hybridized carbons (Fsp3) is 0.308. The molecule has 20 heavy (non-hydrogen) atoms. The van der Waals surface area contributed by atoms with Gasteiger partial charge in [0.25, 0.3) is 0 Å². The van der Waals surface area contributed by atoms with Gasteiger partial charge in [-0.2, -0.15) is 0 Å². The summed E-state index contributed by atoms with van der Waals surface area (Å²) in [5.41, 5.74) is 0.917.